The second-order valence-electron chi connectivity index (χ2n) is 7.33. The van der Waals surface area contributed by atoms with Gasteiger partial charge in [0.25, 0.3) is 5.91 Å². The third-order valence-electron chi connectivity index (χ3n) is 5.32. The predicted molar refractivity (Wildman–Crippen MR) is 116 cm³/mol. The first-order valence-electron chi connectivity index (χ1n) is 9.99. The molecule has 1 N–H and O–H groups in total. The topological polar surface area (TPSA) is 106 Å². The number of carbonyl (C=O) groups excluding carboxylic acids is 2. The summed E-state index contributed by atoms with van der Waals surface area (Å²) in [5, 5.41) is 12.3. The predicted octanol–water partition coefficient (Wildman–Crippen LogP) is 3.58. The van der Waals surface area contributed by atoms with Crippen LogP contribution in [-0.4, -0.2) is 29.7 Å². The molecule has 1 aliphatic rings. The number of aromatic nitrogens is 1. The fourth-order valence-corrected chi connectivity index (χ4v) is 3.51. The summed E-state index contributed by atoms with van der Waals surface area (Å²) in [7, 11) is 0. The van der Waals surface area contributed by atoms with E-state index < -0.39 is 18.5 Å². The lowest BCUT2D eigenvalue weighted by atomic mass is 10.1. The SMILES string of the molecule is Cc1c(C#N)c(NC(=O)COC(=O)C2=Cc3ccccc3OC2)n(Cc2ccco2)c1C. The number of anilines is 1. The molecule has 0 atom stereocenters. The zero-order chi connectivity index (χ0) is 22.7. The van der Waals surface area contributed by atoms with Crippen molar-refractivity contribution in [3.8, 4) is 11.8 Å². The minimum absolute atomic E-state index is 0.0699. The van der Waals surface area contributed by atoms with E-state index in [4.69, 9.17) is 13.9 Å². The summed E-state index contributed by atoms with van der Waals surface area (Å²) in [6, 6.07) is 13.1. The number of carbonyl (C=O) groups is 2. The molecule has 0 aliphatic carbocycles. The third kappa shape index (κ3) is 4.14. The highest BCUT2D eigenvalue weighted by atomic mass is 16.5. The molecule has 4 rings (SSSR count). The molecular weight excluding hydrogens is 410 g/mol. The van der Waals surface area contributed by atoms with Crippen molar-refractivity contribution in [1.29, 1.82) is 5.26 Å². The van der Waals surface area contributed by atoms with Gasteiger partial charge >= 0.3 is 5.97 Å². The number of amides is 1. The molecule has 2 aromatic heterocycles. The van der Waals surface area contributed by atoms with E-state index in [1.807, 2.05) is 44.2 Å². The van der Waals surface area contributed by atoms with Gasteiger partial charge in [0.15, 0.2) is 6.61 Å². The van der Waals surface area contributed by atoms with Crippen LogP contribution in [0.1, 0.15) is 28.1 Å². The number of nitrogens with one attached hydrogen (secondary N) is 1. The van der Waals surface area contributed by atoms with Gasteiger partial charge in [-0.25, -0.2) is 4.79 Å². The number of benzene rings is 1. The molecule has 0 spiro atoms. The van der Waals surface area contributed by atoms with Gasteiger partial charge in [0.2, 0.25) is 0 Å². The van der Waals surface area contributed by atoms with Gasteiger partial charge in [-0.3, -0.25) is 4.79 Å². The van der Waals surface area contributed by atoms with E-state index in [1.165, 1.54) is 0 Å². The van der Waals surface area contributed by atoms with Gasteiger partial charge in [-0.05, 0) is 43.7 Å². The van der Waals surface area contributed by atoms with Crippen molar-refractivity contribution in [1.82, 2.24) is 4.57 Å². The van der Waals surface area contributed by atoms with E-state index in [-0.39, 0.29) is 6.61 Å². The fraction of sp³-hybridized carbons (Fsp3) is 0.208. The number of para-hydroxylation sites is 1. The summed E-state index contributed by atoms with van der Waals surface area (Å²) in [5.74, 6) is 0.529. The van der Waals surface area contributed by atoms with Gasteiger partial charge in [-0.1, -0.05) is 18.2 Å². The average Bonchev–Trinajstić information content (AvgIpc) is 3.40. The first-order valence-corrected chi connectivity index (χ1v) is 9.99. The maximum atomic E-state index is 12.6. The Morgan fingerprint density at radius 1 is 1.22 bits per heavy atom. The van der Waals surface area contributed by atoms with Crippen LogP contribution < -0.4 is 10.1 Å². The molecule has 0 unspecified atom stereocenters. The molecule has 162 valence electrons. The third-order valence-corrected chi connectivity index (χ3v) is 5.32. The van der Waals surface area contributed by atoms with Crippen molar-refractivity contribution in [2.75, 3.05) is 18.5 Å². The lowest BCUT2D eigenvalue weighted by Crippen LogP contribution is -2.25. The molecule has 0 bridgehead atoms. The molecular formula is C24H21N3O5. The molecule has 1 aromatic carbocycles. The van der Waals surface area contributed by atoms with Gasteiger partial charge in [-0.15, -0.1) is 0 Å². The van der Waals surface area contributed by atoms with Crippen molar-refractivity contribution < 1.29 is 23.5 Å². The maximum absolute atomic E-state index is 12.6. The van der Waals surface area contributed by atoms with Crippen LogP contribution in [0.25, 0.3) is 6.08 Å². The van der Waals surface area contributed by atoms with Crippen molar-refractivity contribution in [2.45, 2.75) is 20.4 Å². The number of nitriles is 1. The number of nitrogens with zero attached hydrogens (tertiary/aromatic N) is 2. The number of fused-ring (bicyclic) bond motifs is 1. The highest BCUT2D eigenvalue weighted by molar-refractivity contribution is 5.98. The minimum atomic E-state index is -0.631. The van der Waals surface area contributed by atoms with E-state index in [1.54, 1.807) is 23.0 Å². The van der Waals surface area contributed by atoms with E-state index >= 15 is 0 Å². The Morgan fingerprint density at radius 3 is 2.78 bits per heavy atom. The largest absolute Gasteiger partial charge is 0.488 e. The van der Waals surface area contributed by atoms with Crippen LogP contribution in [0.4, 0.5) is 5.82 Å². The normalized spacial score (nSPS) is 12.2. The van der Waals surface area contributed by atoms with Crippen LogP contribution >= 0.6 is 0 Å². The van der Waals surface area contributed by atoms with Crippen LogP contribution in [0.5, 0.6) is 5.75 Å². The van der Waals surface area contributed by atoms with Crippen LogP contribution in [0, 0.1) is 25.2 Å². The Kier molecular flexibility index (Phi) is 5.81. The Labute approximate surface area is 184 Å². The molecule has 8 heteroatoms. The van der Waals surface area contributed by atoms with E-state index in [2.05, 4.69) is 11.4 Å². The molecule has 1 aliphatic heterocycles. The second kappa shape index (κ2) is 8.86. The van der Waals surface area contributed by atoms with Crippen molar-refractivity contribution in [3.05, 3.63) is 76.4 Å². The molecule has 0 radical (unpaired) electrons. The zero-order valence-electron chi connectivity index (χ0n) is 17.7. The fourth-order valence-electron chi connectivity index (χ4n) is 3.51. The van der Waals surface area contributed by atoms with Crippen molar-refractivity contribution in [2.24, 2.45) is 0 Å². The van der Waals surface area contributed by atoms with Crippen molar-refractivity contribution in [3.63, 3.8) is 0 Å². The number of hydrogen-bond donors (Lipinski definition) is 1. The van der Waals surface area contributed by atoms with Crippen LogP contribution in [0.2, 0.25) is 0 Å². The number of esters is 1. The van der Waals surface area contributed by atoms with Crippen molar-refractivity contribution >= 4 is 23.8 Å². The maximum Gasteiger partial charge on any atom is 0.338 e. The average molecular weight is 431 g/mol. The molecule has 3 heterocycles. The lowest BCUT2D eigenvalue weighted by molar-refractivity contribution is -0.143. The summed E-state index contributed by atoms with van der Waals surface area (Å²) in [5.41, 5.74) is 3.04. The van der Waals surface area contributed by atoms with Crippen LogP contribution in [0.15, 0.2) is 52.7 Å². The minimum Gasteiger partial charge on any atom is -0.488 e. The standard InChI is InChI=1S/C24H21N3O5/c1-15-16(2)27(12-19-7-5-9-30-19)23(20(15)11-25)26-22(28)14-32-24(29)18-10-17-6-3-4-8-21(17)31-13-18/h3-10H,12-14H2,1-2H3,(H,26,28). The molecule has 1 amide bonds. The van der Waals surface area contributed by atoms with Gasteiger partial charge in [0, 0.05) is 11.3 Å². The van der Waals surface area contributed by atoms with Gasteiger partial charge in [0.05, 0.1) is 23.9 Å². The van der Waals surface area contributed by atoms with E-state index in [0.29, 0.717) is 35.0 Å². The molecule has 8 nitrogen and oxygen atoms in total. The lowest BCUT2D eigenvalue weighted by Gasteiger charge is -2.17. The smallest absolute Gasteiger partial charge is 0.338 e. The Hall–Kier alpha value is -4.25. The summed E-state index contributed by atoms with van der Waals surface area (Å²) >= 11 is 0. The number of hydrogen-bond acceptors (Lipinski definition) is 6. The quantitative estimate of drug-likeness (QED) is 0.598. The Bertz CT molecular complexity index is 1250. The second-order valence-corrected chi connectivity index (χ2v) is 7.33. The molecule has 0 fully saturated rings. The zero-order valence-corrected chi connectivity index (χ0v) is 17.7. The summed E-state index contributed by atoms with van der Waals surface area (Å²) in [6.45, 7) is 3.60. The molecule has 0 saturated carbocycles. The van der Waals surface area contributed by atoms with Gasteiger partial charge in [-0.2, -0.15) is 5.26 Å². The van der Waals surface area contributed by atoms with E-state index in [0.717, 1.165) is 16.8 Å². The summed E-state index contributed by atoms with van der Waals surface area (Å²) in [6.07, 6.45) is 3.25. The van der Waals surface area contributed by atoms with Crippen LogP contribution in [-0.2, 0) is 20.9 Å². The highest BCUT2D eigenvalue weighted by Gasteiger charge is 2.22. The van der Waals surface area contributed by atoms with Gasteiger partial charge in [0.1, 0.15) is 30.0 Å². The monoisotopic (exact) mass is 431 g/mol. The number of rotatable bonds is 6. The Morgan fingerprint density at radius 2 is 2.03 bits per heavy atom. The number of ether oxygens (including phenoxy) is 2. The summed E-state index contributed by atoms with van der Waals surface area (Å²) < 4.78 is 17.9. The first kappa shape index (κ1) is 21.0. The Balaban J connectivity index is 1.45. The molecule has 0 saturated heterocycles. The first-order chi connectivity index (χ1) is 15.5. The highest BCUT2D eigenvalue weighted by Crippen LogP contribution is 2.28. The van der Waals surface area contributed by atoms with E-state index in [9.17, 15) is 14.9 Å². The van der Waals surface area contributed by atoms with Gasteiger partial charge < -0.3 is 23.8 Å². The molecule has 32 heavy (non-hydrogen) atoms. The summed E-state index contributed by atoms with van der Waals surface area (Å²) in [4.78, 5) is 25.0. The molecule has 3 aromatic rings. The van der Waals surface area contributed by atoms with Crippen LogP contribution in [0.3, 0.4) is 0 Å². The number of furan rings is 1.